The fourth-order valence-electron chi connectivity index (χ4n) is 3.06. The highest BCUT2D eigenvalue weighted by Crippen LogP contribution is 2.29. The van der Waals surface area contributed by atoms with Gasteiger partial charge in [0.2, 0.25) is 5.91 Å². The number of anilines is 2. The fraction of sp³-hybridized carbons (Fsp3) is 0.476. The second kappa shape index (κ2) is 11.1. The molecule has 1 aromatic carbocycles. The molecule has 31 heavy (non-hydrogen) atoms. The third kappa shape index (κ3) is 6.54. The van der Waals surface area contributed by atoms with Gasteiger partial charge in [-0.3, -0.25) is 19.1 Å². The van der Waals surface area contributed by atoms with E-state index in [0.717, 1.165) is 5.56 Å². The average Bonchev–Trinajstić information content (AvgIpc) is 2.66. The summed E-state index contributed by atoms with van der Waals surface area (Å²) in [5.74, 6) is 0.458. The van der Waals surface area contributed by atoms with Crippen molar-refractivity contribution in [1.82, 2.24) is 9.55 Å². The molecule has 1 heterocycles. The average molecular weight is 487 g/mol. The first-order valence-electron chi connectivity index (χ1n) is 9.96. The van der Waals surface area contributed by atoms with Crippen LogP contribution < -0.4 is 21.9 Å². The van der Waals surface area contributed by atoms with Crippen LogP contribution in [0.5, 0.6) is 0 Å². The number of aromatic amines is 1. The number of nitrogens with zero attached hydrogens (tertiary/aromatic N) is 2. The zero-order chi connectivity index (χ0) is 23.3. The molecule has 1 aromatic heterocycles. The van der Waals surface area contributed by atoms with Crippen LogP contribution in [0.1, 0.15) is 33.3 Å². The van der Waals surface area contributed by atoms with E-state index in [9.17, 15) is 14.4 Å². The number of hydrogen-bond acceptors (Lipinski definition) is 5. The Morgan fingerprint density at radius 2 is 1.77 bits per heavy atom. The highest BCUT2D eigenvalue weighted by Gasteiger charge is 2.25. The molecule has 2 rings (SSSR count). The van der Waals surface area contributed by atoms with Crippen LogP contribution >= 0.6 is 35.0 Å². The van der Waals surface area contributed by atoms with Gasteiger partial charge in [-0.2, -0.15) is 0 Å². The summed E-state index contributed by atoms with van der Waals surface area (Å²) in [6.07, 6.45) is 0. The van der Waals surface area contributed by atoms with Crippen LogP contribution in [0.25, 0.3) is 0 Å². The van der Waals surface area contributed by atoms with Gasteiger partial charge in [0.05, 0.1) is 5.75 Å². The Hall–Kier alpha value is -1.90. The topological polar surface area (TPSA) is 101 Å². The molecule has 0 fully saturated rings. The van der Waals surface area contributed by atoms with Crippen molar-refractivity contribution in [3.05, 3.63) is 54.6 Å². The smallest absolute Gasteiger partial charge is 0.330 e. The first-order valence-corrected chi connectivity index (χ1v) is 11.9. The molecule has 0 radical (unpaired) electrons. The van der Waals surface area contributed by atoms with Crippen molar-refractivity contribution in [2.75, 3.05) is 22.9 Å². The lowest BCUT2D eigenvalue weighted by molar-refractivity contribution is -0.116. The Balaban J connectivity index is 2.32. The summed E-state index contributed by atoms with van der Waals surface area (Å²) in [4.78, 5) is 41.6. The molecule has 0 aliphatic carbocycles. The molecule has 0 atom stereocenters. The maximum atomic E-state index is 13.1. The van der Waals surface area contributed by atoms with Gasteiger partial charge in [-0.05, 0) is 29.5 Å². The third-order valence-corrected chi connectivity index (χ3v) is 6.07. The van der Waals surface area contributed by atoms with Crippen molar-refractivity contribution in [3.63, 3.8) is 0 Å². The van der Waals surface area contributed by atoms with E-state index in [1.165, 1.54) is 21.2 Å². The summed E-state index contributed by atoms with van der Waals surface area (Å²) in [5.41, 5.74) is 5.72. The van der Waals surface area contributed by atoms with Crippen LogP contribution in [0, 0.1) is 11.8 Å². The molecule has 0 aliphatic rings. The Labute approximate surface area is 195 Å². The number of H-pyrrole nitrogens is 1. The first kappa shape index (κ1) is 25.4. The molecule has 0 spiro atoms. The molecule has 0 aliphatic heterocycles. The summed E-state index contributed by atoms with van der Waals surface area (Å²) >= 11 is 13.7. The van der Waals surface area contributed by atoms with Crippen LogP contribution in [-0.2, 0) is 17.1 Å². The zero-order valence-electron chi connectivity index (χ0n) is 18.1. The lowest BCUT2D eigenvalue weighted by Gasteiger charge is -2.26. The van der Waals surface area contributed by atoms with Gasteiger partial charge in [0, 0.05) is 28.9 Å². The zero-order valence-corrected chi connectivity index (χ0v) is 20.4. The lowest BCUT2D eigenvalue weighted by Crippen LogP contribution is -2.43. The van der Waals surface area contributed by atoms with E-state index in [1.54, 1.807) is 18.2 Å². The van der Waals surface area contributed by atoms with Crippen LogP contribution in [0.3, 0.4) is 0 Å². The number of aromatic nitrogens is 2. The van der Waals surface area contributed by atoms with Crippen LogP contribution in [0.2, 0.25) is 10.0 Å². The van der Waals surface area contributed by atoms with Crippen molar-refractivity contribution in [1.29, 1.82) is 0 Å². The van der Waals surface area contributed by atoms with E-state index in [4.69, 9.17) is 28.9 Å². The number of halogens is 2. The van der Waals surface area contributed by atoms with Crippen molar-refractivity contribution >= 4 is 52.4 Å². The van der Waals surface area contributed by atoms with Gasteiger partial charge >= 0.3 is 5.69 Å². The van der Waals surface area contributed by atoms with E-state index in [1.807, 2.05) is 27.7 Å². The molecule has 7 nitrogen and oxygen atoms in total. The minimum absolute atomic E-state index is 0.00408. The third-order valence-electron chi connectivity index (χ3n) is 4.41. The molecule has 10 heteroatoms. The normalized spacial score (nSPS) is 11.4. The van der Waals surface area contributed by atoms with Crippen molar-refractivity contribution in [2.24, 2.45) is 11.8 Å². The number of amides is 1. The van der Waals surface area contributed by atoms with Gasteiger partial charge in [-0.25, -0.2) is 4.79 Å². The largest absolute Gasteiger partial charge is 0.383 e. The standard InChI is InChI=1S/C21H28Cl2N4O3S/c1-12(2)8-26(17(28)11-31-10-14-15(22)6-5-7-16(14)23)18-19(24)27(9-13(3)4)21(30)25-20(18)29/h5-7,12-13H,8-11,24H2,1-4H3,(H,25,29,30). The summed E-state index contributed by atoms with van der Waals surface area (Å²) in [6, 6.07) is 5.25. The number of hydrogen-bond donors (Lipinski definition) is 2. The van der Waals surface area contributed by atoms with Gasteiger partial charge in [0.15, 0.2) is 5.69 Å². The van der Waals surface area contributed by atoms with Gasteiger partial charge in [0.1, 0.15) is 5.82 Å². The quantitative estimate of drug-likeness (QED) is 0.557. The lowest BCUT2D eigenvalue weighted by atomic mass is 10.2. The van der Waals surface area contributed by atoms with Gasteiger partial charge in [-0.1, -0.05) is 57.0 Å². The van der Waals surface area contributed by atoms with E-state index in [2.05, 4.69) is 4.98 Å². The predicted octanol–water partition coefficient (Wildman–Crippen LogP) is 4.00. The molecule has 0 unspecified atom stereocenters. The summed E-state index contributed by atoms with van der Waals surface area (Å²) in [6.45, 7) is 8.36. The number of thioether (sulfide) groups is 1. The maximum absolute atomic E-state index is 13.1. The summed E-state index contributed by atoms with van der Waals surface area (Å²) < 4.78 is 1.30. The van der Waals surface area contributed by atoms with Gasteiger partial charge in [-0.15, -0.1) is 11.8 Å². The minimum Gasteiger partial charge on any atom is -0.383 e. The number of rotatable bonds is 9. The number of carbonyl (C=O) groups is 1. The van der Waals surface area contributed by atoms with Crippen molar-refractivity contribution in [2.45, 2.75) is 40.0 Å². The molecule has 170 valence electrons. The van der Waals surface area contributed by atoms with Crippen molar-refractivity contribution in [3.8, 4) is 0 Å². The molecule has 2 aromatic rings. The van der Waals surface area contributed by atoms with Crippen LogP contribution in [-0.4, -0.2) is 27.8 Å². The van der Waals surface area contributed by atoms with E-state index >= 15 is 0 Å². The van der Waals surface area contributed by atoms with E-state index < -0.39 is 11.2 Å². The van der Waals surface area contributed by atoms with E-state index in [-0.39, 0.29) is 35.0 Å². The second-order valence-corrected chi connectivity index (χ2v) is 9.89. The number of nitrogen functional groups attached to an aromatic ring is 1. The number of benzene rings is 1. The Morgan fingerprint density at radius 1 is 1.16 bits per heavy atom. The highest BCUT2D eigenvalue weighted by atomic mass is 35.5. The molecule has 0 saturated carbocycles. The summed E-state index contributed by atoms with van der Waals surface area (Å²) in [7, 11) is 0. The van der Waals surface area contributed by atoms with Gasteiger partial charge in [0.25, 0.3) is 5.56 Å². The molecule has 0 bridgehead atoms. The maximum Gasteiger partial charge on any atom is 0.330 e. The molecular formula is C21H28Cl2N4O3S. The van der Waals surface area contributed by atoms with Gasteiger partial charge < -0.3 is 10.6 Å². The first-order chi connectivity index (χ1) is 14.5. The Bertz CT molecular complexity index is 1030. The summed E-state index contributed by atoms with van der Waals surface area (Å²) in [5, 5.41) is 1.07. The molecule has 3 N–H and O–H groups in total. The molecular weight excluding hydrogens is 459 g/mol. The second-order valence-electron chi connectivity index (χ2n) is 8.09. The number of carbonyl (C=O) groups excluding carboxylic acids is 1. The Morgan fingerprint density at radius 3 is 2.32 bits per heavy atom. The fourth-order valence-corrected chi connectivity index (χ4v) is 4.69. The molecule has 0 saturated heterocycles. The predicted molar refractivity (Wildman–Crippen MR) is 130 cm³/mol. The number of nitrogens with one attached hydrogen (secondary N) is 1. The highest BCUT2D eigenvalue weighted by molar-refractivity contribution is 7.99. The SMILES string of the molecule is CC(C)CN(C(=O)CSCc1c(Cl)cccc1Cl)c1c(N)n(CC(C)C)c(=O)[nH]c1=O. The molecule has 1 amide bonds. The number of nitrogens with two attached hydrogens (primary N) is 1. The van der Waals surface area contributed by atoms with Crippen LogP contribution in [0.4, 0.5) is 11.5 Å². The van der Waals surface area contributed by atoms with Crippen LogP contribution in [0.15, 0.2) is 27.8 Å². The van der Waals surface area contributed by atoms with E-state index in [0.29, 0.717) is 28.9 Å². The minimum atomic E-state index is -0.671. The Kier molecular flexibility index (Phi) is 9.09. The monoisotopic (exact) mass is 486 g/mol. The van der Waals surface area contributed by atoms with Crippen molar-refractivity contribution < 1.29 is 4.79 Å².